The molecule has 0 heterocycles. The molecule has 0 rings (SSSR count). The summed E-state index contributed by atoms with van der Waals surface area (Å²) in [7, 11) is -3.48. The number of nitrogens with one attached hydrogen (secondary N) is 2. The monoisotopic (exact) mass is 251 g/mol. The number of carbonyl (C=O) groups is 1. The largest absolute Gasteiger partial charge is 0.355 e. The van der Waals surface area contributed by atoms with E-state index in [1.54, 1.807) is 0 Å². The van der Waals surface area contributed by atoms with Crippen LogP contribution in [-0.4, -0.2) is 39.2 Å². The van der Waals surface area contributed by atoms with Gasteiger partial charge in [0.25, 0.3) is 0 Å². The summed E-state index contributed by atoms with van der Waals surface area (Å²) in [5, 5.41) is 1.93. The van der Waals surface area contributed by atoms with Crippen molar-refractivity contribution in [2.75, 3.05) is 19.6 Å². The van der Waals surface area contributed by atoms with Crippen LogP contribution in [0, 0.1) is 5.92 Å². The van der Waals surface area contributed by atoms with Gasteiger partial charge in [-0.05, 0) is 12.8 Å². The van der Waals surface area contributed by atoms with Crippen LogP contribution in [0.4, 0.5) is 0 Å². The highest BCUT2D eigenvalue weighted by Crippen LogP contribution is 1.94. The fraction of sp³-hybridized carbons (Fsp3) is 0.889. The fourth-order valence-corrected chi connectivity index (χ4v) is 1.69. The maximum atomic E-state index is 11.4. The van der Waals surface area contributed by atoms with E-state index in [9.17, 15) is 13.2 Å². The summed E-state index contributed by atoms with van der Waals surface area (Å²) in [6.45, 7) is 5.74. The Labute approximate surface area is 97.0 Å². The molecule has 16 heavy (non-hydrogen) atoms. The summed E-state index contributed by atoms with van der Waals surface area (Å²) in [6.07, 6.45) is 0. The van der Waals surface area contributed by atoms with E-state index in [4.69, 9.17) is 5.73 Å². The lowest BCUT2D eigenvalue weighted by atomic mass is 10.2. The lowest BCUT2D eigenvalue weighted by Crippen LogP contribution is -2.43. The van der Waals surface area contributed by atoms with Crippen molar-refractivity contribution in [3.63, 3.8) is 0 Å². The number of rotatable bonds is 7. The van der Waals surface area contributed by atoms with Gasteiger partial charge in [0.1, 0.15) is 0 Å². The zero-order valence-corrected chi connectivity index (χ0v) is 10.8. The Kier molecular flexibility index (Phi) is 6.54. The number of hydrogen-bond donors (Lipinski definition) is 3. The number of sulfonamides is 1. The van der Waals surface area contributed by atoms with E-state index in [0.29, 0.717) is 12.5 Å². The van der Waals surface area contributed by atoms with E-state index in [-0.39, 0.29) is 19.0 Å². The Morgan fingerprint density at radius 3 is 2.31 bits per heavy atom. The average molecular weight is 251 g/mol. The second-order valence-corrected chi connectivity index (χ2v) is 6.29. The predicted octanol–water partition coefficient (Wildman–Crippen LogP) is -0.975. The van der Waals surface area contributed by atoms with Crippen molar-refractivity contribution in [1.82, 2.24) is 10.0 Å². The van der Waals surface area contributed by atoms with Gasteiger partial charge in [-0.3, -0.25) is 4.79 Å². The van der Waals surface area contributed by atoms with Crippen molar-refractivity contribution >= 4 is 15.9 Å². The van der Waals surface area contributed by atoms with Crippen LogP contribution in [0.3, 0.4) is 0 Å². The molecule has 0 aromatic heterocycles. The molecule has 0 saturated carbocycles. The van der Waals surface area contributed by atoms with Gasteiger partial charge in [-0.1, -0.05) is 13.8 Å². The third-order valence-corrected chi connectivity index (χ3v) is 3.80. The summed E-state index contributed by atoms with van der Waals surface area (Å²) < 4.78 is 25.1. The summed E-state index contributed by atoms with van der Waals surface area (Å²) in [5.41, 5.74) is 5.24. The van der Waals surface area contributed by atoms with Crippen molar-refractivity contribution in [3.05, 3.63) is 0 Å². The second kappa shape index (κ2) is 6.82. The highest BCUT2D eigenvalue weighted by molar-refractivity contribution is 7.90. The van der Waals surface area contributed by atoms with E-state index in [1.807, 2.05) is 13.8 Å². The number of hydrogen-bond acceptors (Lipinski definition) is 4. The third-order valence-electron chi connectivity index (χ3n) is 2.00. The quantitative estimate of drug-likeness (QED) is 0.541. The first-order valence-corrected chi connectivity index (χ1v) is 6.79. The SMILES string of the molecule is CC(C)CNC(=O)CNS(=O)(=O)C(C)CN. The molecule has 1 unspecified atom stereocenters. The molecule has 0 fully saturated rings. The lowest BCUT2D eigenvalue weighted by molar-refractivity contribution is -0.120. The van der Waals surface area contributed by atoms with Crippen LogP contribution in [0.25, 0.3) is 0 Å². The number of nitrogens with two attached hydrogens (primary N) is 1. The molecule has 0 aliphatic heterocycles. The molecule has 0 aromatic rings. The first-order valence-electron chi connectivity index (χ1n) is 5.24. The Balaban J connectivity index is 4.01. The number of amides is 1. The van der Waals surface area contributed by atoms with Crippen LogP contribution in [0.5, 0.6) is 0 Å². The van der Waals surface area contributed by atoms with Crippen molar-refractivity contribution in [2.24, 2.45) is 11.7 Å². The van der Waals surface area contributed by atoms with Crippen LogP contribution in [0.1, 0.15) is 20.8 Å². The Hall–Kier alpha value is -0.660. The summed E-state index contributed by atoms with van der Waals surface area (Å²) >= 11 is 0. The highest BCUT2D eigenvalue weighted by atomic mass is 32.2. The van der Waals surface area contributed by atoms with Crippen molar-refractivity contribution in [2.45, 2.75) is 26.0 Å². The topological polar surface area (TPSA) is 101 Å². The molecular formula is C9H21N3O3S. The molecule has 4 N–H and O–H groups in total. The molecule has 0 aromatic carbocycles. The molecule has 0 aliphatic rings. The van der Waals surface area contributed by atoms with Crippen LogP contribution >= 0.6 is 0 Å². The molecule has 96 valence electrons. The van der Waals surface area contributed by atoms with E-state index >= 15 is 0 Å². The van der Waals surface area contributed by atoms with Crippen LogP contribution < -0.4 is 15.8 Å². The van der Waals surface area contributed by atoms with Gasteiger partial charge in [0.2, 0.25) is 15.9 Å². The van der Waals surface area contributed by atoms with Crippen LogP contribution in [0.15, 0.2) is 0 Å². The van der Waals surface area contributed by atoms with Crippen LogP contribution in [0.2, 0.25) is 0 Å². The van der Waals surface area contributed by atoms with Gasteiger partial charge < -0.3 is 11.1 Å². The first-order chi connectivity index (χ1) is 7.29. The molecule has 0 radical (unpaired) electrons. The summed E-state index contributed by atoms with van der Waals surface area (Å²) in [5.74, 6) is 0.00465. The van der Waals surface area contributed by atoms with E-state index in [2.05, 4.69) is 10.0 Å². The number of carbonyl (C=O) groups excluding carboxylic acids is 1. The Bertz CT molecular complexity index is 314. The van der Waals surface area contributed by atoms with Gasteiger partial charge in [0.05, 0.1) is 11.8 Å². The minimum atomic E-state index is -3.48. The van der Waals surface area contributed by atoms with E-state index < -0.39 is 15.3 Å². The van der Waals surface area contributed by atoms with E-state index in [1.165, 1.54) is 6.92 Å². The Morgan fingerprint density at radius 2 is 1.88 bits per heavy atom. The molecule has 1 amide bonds. The average Bonchev–Trinajstić information content (AvgIpc) is 2.22. The van der Waals surface area contributed by atoms with Crippen LogP contribution in [-0.2, 0) is 14.8 Å². The maximum Gasteiger partial charge on any atom is 0.235 e. The normalized spacial score (nSPS) is 13.8. The fourth-order valence-electron chi connectivity index (χ4n) is 0.816. The van der Waals surface area contributed by atoms with Crippen molar-refractivity contribution in [3.8, 4) is 0 Å². The minimum absolute atomic E-state index is 0.0307. The lowest BCUT2D eigenvalue weighted by Gasteiger charge is -2.12. The second-order valence-electron chi connectivity index (χ2n) is 4.11. The maximum absolute atomic E-state index is 11.4. The molecule has 0 saturated heterocycles. The zero-order valence-electron chi connectivity index (χ0n) is 9.99. The van der Waals surface area contributed by atoms with Gasteiger partial charge in [-0.25, -0.2) is 13.1 Å². The summed E-state index contributed by atoms with van der Waals surface area (Å²) in [6, 6.07) is 0. The third kappa shape index (κ3) is 6.04. The molecule has 1 atom stereocenters. The molecule has 7 heteroatoms. The molecule has 6 nitrogen and oxygen atoms in total. The molecule has 0 bridgehead atoms. The van der Waals surface area contributed by atoms with Gasteiger partial charge in [-0.2, -0.15) is 0 Å². The van der Waals surface area contributed by atoms with Gasteiger partial charge in [-0.15, -0.1) is 0 Å². The Morgan fingerprint density at radius 1 is 1.31 bits per heavy atom. The molecule has 0 aliphatic carbocycles. The summed E-state index contributed by atoms with van der Waals surface area (Å²) in [4.78, 5) is 11.2. The van der Waals surface area contributed by atoms with Gasteiger partial charge in [0.15, 0.2) is 0 Å². The smallest absolute Gasteiger partial charge is 0.235 e. The zero-order chi connectivity index (χ0) is 12.8. The highest BCUT2D eigenvalue weighted by Gasteiger charge is 2.19. The predicted molar refractivity (Wildman–Crippen MR) is 63.3 cm³/mol. The van der Waals surface area contributed by atoms with Crippen molar-refractivity contribution in [1.29, 1.82) is 0 Å². The first kappa shape index (κ1) is 15.3. The van der Waals surface area contributed by atoms with Crippen molar-refractivity contribution < 1.29 is 13.2 Å². The van der Waals surface area contributed by atoms with E-state index in [0.717, 1.165) is 0 Å². The van der Waals surface area contributed by atoms with Gasteiger partial charge in [0, 0.05) is 13.1 Å². The molecule has 0 spiro atoms. The van der Waals surface area contributed by atoms with Gasteiger partial charge >= 0.3 is 0 Å². The molecular weight excluding hydrogens is 230 g/mol. The standard InChI is InChI=1S/C9H21N3O3S/c1-7(2)5-11-9(13)6-12-16(14,15)8(3)4-10/h7-8,12H,4-6,10H2,1-3H3,(H,11,13). The minimum Gasteiger partial charge on any atom is -0.355 e.